The molecule has 4 aromatic rings. The second kappa shape index (κ2) is 8.55. The van der Waals surface area contributed by atoms with Crippen LogP contribution in [0.15, 0.2) is 72.8 Å². The van der Waals surface area contributed by atoms with Gasteiger partial charge in [-0.05, 0) is 42.0 Å². The molecular formula is C25H22N4O3. The molecule has 2 N–H and O–H groups in total. The highest BCUT2D eigenvalue weighted by molar-refractivity contribution is 5.98. The molecule has 5 rings (SSSR count). The van der Waals surface area contributed by atoms with Gasteiger partial charge in [0.05, 0.1) is 23.3 Å². The van der Waals surface area contributed by atoms with Gasteiger partial charge in [0.15, 0.2) is 6.61 Å². The molecule has 0 bridgehead atoms. The van der Waals surface area contributed by atoms with Crippen molar-refractivity contribution >= 4 is 28.5 Å². The maximum atomic E-state index is 12.5. The first-order chi connectivity index (χ1) is 15.7. The number of hydrogen-bond donors (Lipinski definition) is 2. The van der Waals surface area contributed by atoms with Crippen molar-refractivity contribution in [3.05, 3.63) is 89.7 Å². The SMILES string of the molecule is O=C(NCCc1nc2ccccc2[nH]1)c1ccc(CN2C(=O)COc3ccccc32)cc1. The van der Waals surface area contributed by atoms with Crippen molar-refractivity contribution in [2.45, 2.75) is 13.0 Å². The van der Waals surface area contributed by atoms with Crippen molar-refractivity contribution in [1.29, 1.82) is 0 Å². The van der Waals surface area contributed by atoms with Gasteiger partial charge in [-0.3, -0.25) is 9.59 Å². The first kappa shape index (κ1) is 19.8. The molecule has 32 heavy (non-hydrogen) atoms. The summed E-state index contributed by atoms with van der Waals surface area (Å²) >= 11 is 0. The van der Waals surface area contributed by atoms with E-state index in [9.17, 15) is 9.59 Å². The van der Waals surface area contributed by atoms with Crippen LogP contribution in [-0.2, 0) is 17.8 Å². The van der Waals surface area contributed by atoms with Gasteiger partial charge in [-0.1, -0.05) is 36.4 Å². The summed E-state index contributed by atoms with van der Waals surface area (Å²) in [6, 6.07) is 22.7. The van der Waals surface area contributed by atoms with Gasteiger partial charge < -0.3 is 19.9 Å². The Balaban J connectivity index is 1.19. The molecule has 1 aliphatic heterocycles. The van der Waals surface area contributed by atoms with Gasteiger partial charge in [0.25, 0.3) is 11.8 Å². The zero-order chi connectivity index (χ0) is 21.9. The summed E-state index contributed by atoms with van der Waals surface area (Å²) in [6.45, 7) is 0.940. The number of carbonyl (C=O) groups excluding carboxylic acids is 2. The van der Waals surface area contributed by atoms with Crippen LogP contribution in [0.2, 0.25) is 0 Å². The highest BCUT2D eigenvalue weighted by Gasteiger charge is 2.25. The number of aromatic nitrogens is 2. The van der Waals surface area contributed by atoms with Crippen LogP contribution in [0.3, 0.4) is 0 Å². The number of imidazole rings is 1. The Bertz CT molecular complexity index is 1250. The molecule has 0 aliphatic carbocycles. The summed E-state index contributed by atoms with van der Waals surface area (Å²) in [6.07, 6.45) is 0.622. The Hall–Kier alpha value is -4.13. The van der Waals surface area contributed by atoms with Crippen LogP contribution in [0.1, 0.15) is 21.7 Å². The van der Waals surface area contributed by atoms with Crippen LogP contribution in [0.4, 0.5) is 5.69 Å². The van der Waals surface area contributed by atoms with Gasteiger partial charge in [-0.15, -0.1) is 0 Å². The molecule has 0 fully saturated rings. The number of nitrogens with zero attached hydrogens (tertiary/aromatic N) is 2. The molecule has 7 heteroatoms. The summed E-state index contributed by atoms with van der Waals surface area (Å²) in [7, 11) is 0. The van der Waals surface area contributed by atoms with Crippen molar-refractivity contribution in [2.24, 2.45) is 0 Å². The van der Waals surface area contributed by atoms with Gasteiger partial charge in [0.2, 0.25) is 0 Å². The van der Waals surface area contributed by atoms with Crippen LogP contribution < -0.4 is 15.0 Å². The number of rotatable bonds is 6. The van der Waals surface area contributed by atoms with E-state index in [1.54, 1.807) is 17.0 Å². The van der Waals surface area contributed by atoms with Crippen molar-refractivity contribution in [3.63, 3.8) is 0 Å². The smallest absolute Gasteiger partial charge is 0.265 e. The number of ether oxygens (including phenoxy) is 1. The van der Waals surface area contributed by atoms with Gasteiger partial charge in [0, 0.05) is 18.5 Å². The quantitative estimate of drug-likeness (QED) is 0.494. The normalized spacial score (nSPS) is 13.0. The number of anilines is 1. The highest BCUT2D eigenvalue weighted by Crippen LogP contribution is 2.32. The van der Waals surface area contributed by atoms with E-state index in [1.807, 2.05) is 60.7 Å². The number of amides is 2. The molecule has 0 saturated heterocycles. The molecule has 0 unspecified atom stereocenters. The molecule has 1 aromatic heterocycles. The van der Waals surface area contributed by atoms with E-state index in [0.29, 0.717) is 30.8 Å². The predicted octanol–water partition coefficient (Wildman–Crippen LogP) is 3.46. The van der Waals surface area contributed by atoms with Crippen molar-refractivity contribution in [3.8, 4) is 5.75 Å². The number of hydrogen-bond acceptors (Lipinski definition) is 4. The highest BCUT2D eigenvalue weighted by atomic mass is 16.5. The van der Waals surface area contributed by atoms with Crippen LogP contribution in [0, 0.1) is 0 Å². The van der Waals surface area contributed by atoms with Crippen molar-refractivity contribution < 1.29 is 14.3 Å². The van der Waals surface area contributed by atoms with E-state index in [2.05, 4.69) is 15.3 Å². The lowest BCUT2D eigenvalue weighted by molar-refractivity contribution is -0.121. The van der Waals surface area contributed by atoms with Crippen molar-refractivity contribution in [2.75, 3.05) is 18.1 Å². The lowest BCUT2D eigenvalue weighted by Crippen LogP contribution is -2.38. The van der Waals surface area contributed by atoms with Crippen LogP contribution in [0.25, 0.3) is 11.0 Å². The minimum atomic E-state index is -0.138. The molecule has 1 aliphatic rings. The molecule has 0 spiro atoms. The van der Waals surface area contributed by atoms with E-state index in [0.717, 1.165) is 28.1 Å². The fourth-order valence-electron chi connectivity index (χ4n) is 3.79. The van der Waals surface area contributed by atoms with E-state index in [4.69, 9.17) is 4.74 Å². The number of carbonyl (C=O) groups is 2. The van der Waals surface area contributed by atoms with E-state index in [-0.39, 0.29) is 18.4 Å². The number of benzene rings is 3. The molecular weight excluding hydrogens is 404 g/mol. The third-order valence-corrected chi connectivity index (χ3v) is 5.45. The Morgan fingerprint density at radius 3 is 2.66 bits per heavy atom. The topological polar surface area (TPSA) is 87.3 Å². The maximum absolute atomic E-state index is 12.5. The number of fused-ring (bicyclic) bond motifs is 2. The predicted molar refractivity (Wildman–Crippen MR) is 122 cm³/mol. The van der Waals surface area contributed by atoms with Crippen LogP contribution >= 0.6 is 0 Å². The summed E-state index contributed by atoms with van der Waals surface area (Å²) in [5.41, 5.74) is 4.19. The van der Waals surface area contributed by atoms with Crippen LogP contribution in [-0.4, -0.2) is 34.9 Å². The molecule has 0 atom stereocenters. The fourth-order valence-corrected chi connectivity index (χ4v) is 3.79. The molecule has 160 valence electrons. The van der Waals surface area contributed by atoms with Crippen LogP contribution in [0.5, 0.6) is 5.75 Å². The minimum absolute atomic E-state index is 0.0305. The second-order valence-corrected chi connectivity index (χ2v) is 7.64. The number of H-pyrrole nitrogens is 1. The molecule has 0 saturated carbocycles. The van der Waals surface area contributed by atoms with E-state index < -0.39 is 0 Å². The lowest BCUT2D eigenvalue weighted by atomic mass is 10.1. The molecule has 2 heterocycles. The average Bonchev–Trinajstić information content (AvgIpc) is 3.24. The Morgan fingerprint density at radius 2 is 1.81 bits per heavy atom. The van der Waals surface area contributed by atoms with Gasteiger partial charge in [-0.2, -0.15) is 0 Å². The first-order valence-electron chi connectivity index (χ1n) is 10.5. The summed E-state index contributed by atoms with van der Waals surface area (Å²) in [4.78, 5) is 34.4. The Labute approximate surface area is 185 Å². The summed E-state index contributed by atoms with van der Waals surface area (Å²) in [5, 5.41) is 2.93. The minimum Gasteiger partial charge on any atom is -0.482 e. The number of aromatic amines is 1. The van der Waals surface area contributed by atoms with E-state index >= 15 is 0 Å². The zero-order valence-electron chi connectivity index (χ0n) is 17.4. The monoisotopic (exact) mass is 426 g/mol. The number of para-hydroxylation sites is 4. The standard InChI is InChI=1S/C25H22N4O3/c30-24-16-32-22-8-4-3-7-21(22)29(24)15-17-9-11-18(12-10-17)25(31)26-14-13-23-27-19-5-1-2-6-20(19)28-23/h1-12H,13-16H2,(H,26,31)(H,27,28). The third-order valence-electron chi connectivity index (χ3n) is 5.45. The van der Waals surface area contributed by atoms with E-state index in [1.165, 1.54) is 0 Å². The Kier molecular flexibility index (Phi) is 5.29. The average molecular weight is 426 g/mol. The second-order valence-electron chi connectivity index (χ2n) is 7.64. The first-order valence-corrected chi connectivity index (χ1v) is 10.5. The molecule has 0 radical (unpaired) electrons. The van der Waals surface area contributed by atoms with Gasteiger partial charge >= 0.3 is 0 Å². The zero-order valence-corrected chi connectivity index (χ0v) is 17.4. The van der Waals surface area contributed by atoms with Crippen molar-refractivity contribution in [1.82, 2.24) is 15.3 Å². The molecule has 2 amide bonds. The summed E-state index contributed by atoms with van der Waals surface area (Å²) in [5.74, 6) is 1.32. The summed E-state index contributed by atoms with van der Waals surface area (Å²) < 4.78 is 5.49. The Morgan fingerprint density at radius 1 is 1.03 bits per heavy atom. The molecule has 3 aromatic carbocycles. The molecule has 7 nitrogen and oxygen atoms in total. The van der Waals surface area contributed by atoms with Gasteiger partial charge in [0.1, 0.15) is 11.6 Å². The maximum Gasteiger partial charge on any atom is 0.265 e. The van der Waals surface area contributed by atoms with Gasteiger partial charge in [-0.25, -0.2) is 4.98 Å². The lowest BCUT2D eigenvalue weighted by Gasteiger charge is -2.29. The third kappa shape index (κ3) is 4.05. The number of nitrogens with one attached hydrogen (secondary N) is 2. The fraction of sp³-hybridized carbons (Fsp3) is 0.160. The largest absolute Gasteiger partial charge is 0.482 e.